The molecule has 1 aliphatic rings. The highest BCUT2D eigenvalue weighted by Gasteiger charge is 2.26. The Bertz CT molecular complexity index is 1070. The number of nitrogens with zero attached hydrogens (tertiary/aromatic N) is 1. The Hall–Kier alpha value is -2.68. The van der Waals surface area contributed by atoms with Crippen molar-refractivity contribution in [1.29, 1.82) is 5.26 Å². The summed E-state index contributed by atoms with van der Waals surface area (Å²) in [6.45, 7) is 3.35. The maximum Gasteiger partial charge on any atom is 0.252 e. The van der Waals surface area contributed by atoms with E-state index in [2.05, 4.69) is 59.3 Å². The van der Waals surface area contributed by atoms with Crippen LogP contribution in [0.15, 0.2) is 53.9 Å². The van der Waals surface area contributed by atoms with E-state index in [9.17, 15) is 4.79 Å². The van der Waals surface area contributed by atoms with Crippen molar-refractivity contribution in [2.24, 2.45) is 5.92 Å². The molecule has 0 aliphatic heterocycles. The van der Waals surface area contributed by atoms with Crippen molar-refractivity contribution in [3.8, 4) is 6.07 Å². The number of benzene rings is 2. The second-order valence-corrected chi connectivity index (χ2v) is 9.40. The van der Waals surface area contributed by atoms with Gasteiger partial charge in [0.05, 0.1) is 6.07 Å². The summed E-state index contributed by atoms with van der Waals surface area (Å²) in [5, 5.41) is 18.6. The first-order chi connectivity index (χ1) is 15.2. The van der Waals surface area contributed by atoms with Gasteiger partial charge in [0.1, 0.15) is 6.54 Å². The van der Waals surface area contributed by atoms with E-state index < -0.39 is 0 Å². The summed E-state index contributed by atoms with van der Waals surface area (Å²) >= 11 is 1.83. The SMILES string of the molecule is C[C@@H](NCCC1CC[C@H](c2ccc(C(=O)NCC#N)cc2)C1)c1csc2ccccc12. The molecule has 31 heavy (non-hydrogen) atoms. The first kappa shape index (κ1) is 21.5. The third kappa shape index (κ3) is 5.15. The van der Waals surface area contributed by atoms with Crippen LogP contribution in [0, 0.1) is 17.2 Å². The summed E-state index contributed by atoms with van der Waals surface area (Å²) in [5.41, 5.74) is 3.35. The van der Waals surface area contributed by atoms with Crippen LogP contribution in [0.5, 0.6) is 0 Å². The molecule has 1 aliphatic carbocycles. The fraction of sp³-hybridized carbons (Fsp3) is 0.385. The zero-order chi connectivity index (χ0) is 21.6. The third-order valence-electron chi connectivity index (χ3n) is 6.49. The molecule has 160 valence electrons. The molecule has 1 fully saturated rings. The van der Waals surface area contributed by atoms with E-state index in [0.717, 1.165) is 12.5 Å². The highest BCUT2D eigenvalue weighted by atomic mass is 32.1. The van der Waals surface area contributed by atoms with Gasteiger partial charge in [-0.05, 0) is 91.1 Å². The summed E-state index contributed by atoms with van der Waals surface area (Å²) in [4.78, 5) is 12.0. The predicted octanol–water partition coefficient (Wildman–Crippen LogP) is 5.78. The lowest BCUT2D eigenvalue weighted by atomic mass is 9.94. The molecule has 2 N–H and O–H groups in total. The molecule has 1 unspecified atom stereocenters. The Morgan fingerprint density at radius 1 is 1.19 bits per heavy atom. The highest BCUT2D eigenvalue weighted by molar-refractivity contribution is 7.17. The van der Waals surface area contributed by atoms with E-state index in [1.807, 2.05) is 29.5 Å². The number of nitriles is 1. The molecule has 4 nitrogen and oxygen atoms in total. The Kier molecular flexibility index (Phi) is 7.01. The normalized spacial score (nSPS) is 19.2. The van der Waals surface area contributed by atoms with Crippen LogP contribution in [-0.2, 0) is 0 Å². The number of hydrogen-bond donors (Lipinski definition) is 2. The molecule has 1 aromatic heterocycles. The molecular weight excluding hydrogens is 402 g/mol. The van der Waals surface area contributed by atoms with Crippen molar-refractivity contribution in [3.63, 3.8) is 0 Å². The summed E-state index contributed by atoms with van der Waals surface area (Å²) < 4.78 is 1.36. The molecule has 1 saturated carbocycles. The smallest absolute Gasteiger partial charge is 0.252 e. The predicted molar refractivity (Wildman–Crippen MR) is 127 cm³/mol. The molecule has 0 saturated heterocycles. The van der Waals surface area contributed by atoms with Crippen molar-refractivity contribution in [2.45, 2.75) is 44.6 Å². The monoisotopic (exact) mass is 431 g/mol. The number of nitrogens with one attached hydrogen (secondary N) is 2. The summed E-state index contributed by atoms with van der Waals surface area (Å²) in [6.07, 6.45) is 4.91. The number of carbonyl (C=O) groups excluding carboxylic acids is 1. The van der Waals surface area contributed by atoms with Crippen LogP contribution in [0.3, 0.4) is 0 Å². The average molecular weight is 432 g/mol. The molecule has 1 amide bonds. The molecular formula is C26H29N3OS. The topological polar surface area (TPSA) is 64.9 Å². The Morgan fingerprint density at radius 3 is 2.81 bits per heavy atom. The van der Waals surface area contributed by atoms with E-state index in [1.54, 1.807) is 0 Å². The first-order valence-electron chi connectivity index (χ1n) is 11.1. The van der Waals surface area contributed by atoms with Gasteiger partial charge in [-0.15, -0.1) is 11.3 Å². The van der Waals surface area contributed by atoms with Crippen LogP contribution in [0.1, 0.15) is 66.1 Å². The van der Waals surface area contributed by atoms with Crippen LogP contribution >= 0.6 is 11.3 Å². The first-order valence-corrected chi connectivity index (χ1v) is 12.0. The molecule has 1 heterocycles. The lowest BCUT2D eigenvalue weighted by Gasteiger charge is -2.16. The van der Waals surface area contributed by atoms with Gasteiger partial charge in [0, 0.05) is 16.3 Å². The van der Waals surface area contributed by atoms with Crippen molar-refractivity contribution >= 4 is 27.3 Å². The minimum atomic E-state index is -0.184. The average Bonchev–Trinajstić information content (AvgIpc) is 3.45. The quantitative estimate of drug-likeness (QED) is 0.444. The minimum absolute atomic E-state index is 0.0418. The van der Waals surface area contributed by atoms with Gasteiger partial charge in [0.25, 0.3) is 5.91 Å². The van der Waals surface area contributed by atoms with E-state index in [1.165, 1.54) is 46.9 Å². The molecule has 3 aromatic rings. The molecule has 0 spiro atoms. The summed E-state index contributed by atoms with van der Waals surface area (Å²) in [5.74, 6) is 1.15. The van der Waals surface area contributed by atoms with E-state index in [-0.39, 0.29) is 12.5 Å². The molecule has 4 rings (SSSR count). The fourth-order valence-electron chi connectivity index (χ4n) is 4.72. The molecule has 5 heteroatoms. The molecule has 0 bridgehead atoms. The number of fused-ring (bicyclic) bond motifs is 1. The summed E-state index contributed by atoms with van der Waals surface area (Å²) in [7, 11) is 0. The van der Waals surface area contributed by atoms with Gasteiger partial charge in [0.2, 0.25) is 0 Å². The van der Waals surface area contributed by atoms with Crippen molar-refractivity contribution in [3.05, 3.63) is 70.6 Å². The fourth-order valence-corrected chi connectivity index (χ4v) is 5.77. The Balaban J connectivity index is 1.25. The van der Waals surface area contributed by atoms with Gasteiger partial charge in [-0.3, -0.25) is 4.79 Å². The van der Waals surface area contributed by atoms with Crippen LogP contribution in [0.2, 0.25) is 0 Å². The maximum atomic E-state index is 12.0. The van der Waals surface area contributed by atoms with Gasteiger partial charge in [-0.25, -0.2) is 0 Å². The summed E-state index contributed by atoms with van der Waals surface area (Å²) in [6, 6.07) is 18.9. The van der Waals surface area contributed by atoms with Gasteiger partial charge >= 0.3 is 0 Å². The van der Waals surface area contributed by atoms with Gasteiger partial charge < -0.3 is 10.6 Å². The second-order valence-electron chi connectivity index (χ2n) is 8.49. The number of rotatable bonds is 8. The third-order valence-corrected chi connectivity index (χ3v) is 7.48. The van der Waals surface area contributed by atoms with E-state index in [4.69, 9.17) is 5.26 Å². The van der Waals surface area contributed by atoms with E-state index >= 15 is 0 Å². The highest BCUT2D eigenvalue weighted by Crippen LogP contribution is 2.40. The second kappa shape index (κ2) is 10.1. The zero-order valence-corrected chi connectivity index (χ0v) is 18.8. The number of thiophene rings is 1. The standard InChI is InChI=1S/C26H29N3OS/c1-18(24-17-31-25-5-3-2-4-23(24)25)28-14-12-19-6-7-22(16-19)20-8-10-21(11-9-20)26(30)29-15-13-27/h2-5,8-11,17-19,22,28H,6-7,12,14-16H2,1H3,(H,29,30)/t18-,19?,22+/m1/s1. The molecule has 0 radical (unpaired) electrons. The lowest BCUT2D eigenvalue weighted by molar-refractivity contribution is 0.0958. The van der Waals surface area contributed by atoms with Crippen LogP contribution < -0.4 is 10.6 Å². The zero-order valence-electron chi connectivity index (χ0n) is 17.9. The van der Waals surface area contributed by atoms with Crippen LogP contribution in [0.4, 0.5) is 0 Å². The van der Waals surface area contributed by atoms with E-state index in [0.29, 0.717) is 17.5 Å². The van der Waals surface area contributed by atoms with Crippen LogP contribution in [-0.4, -0.2) is 19.0 Å². The maximum absolute atomic E-state index is 12.0. The Morgan fingerprint density at radius 2 is 2.00 bits per heavy atom. The number of hydrogen-bond acceptors (Lipinski definition) is 4. The number of carbonyl (C=O) groups is 1. The lowest BCUT2D eigenvalue weighted by Crippen LogP contribution is -2.23. The van der Waals surface area contributed by atoms with Crippen LogP contribution in [0.25, 0.3) is 10.1 Å². The van der Waals surface area contributed by atoms with Crippen molar-refractivity contribution in [2.75, 3.05) is 13.1 Å². The largest absolute Gasteiger partial charge is 0.339 e. The van der Waals surface area contributed by atoms with Gasteiger partial charge in [-0.2, -0.15) is 5.26 Å². The molecule has 2 aromatic carbocycles. The minimum Gasteiger partial charge on any atom is -0.339 e. The van der Waals surface area contributed by atoms with Gasteiger partial charge in [0.15, 0.2) is 0 Å². The van der Waals surface area contributed by atoms with Crippen molar-refractivity contribution in [1.82, 2.24) is 10.6 Å². The molecule has 3 atom stereocenters. The Labute approximate surface area is 188 Å². The van der Waals surface area contributed by atoms with Crippen molar-refractivity contribution < 1.29 is 4.79 Å². The van der Waals surface area contributed by atoms with Gasteiger partial charge in [-0.1, -0.05) is 30.3 Å². The number of amides is 1.